The lowest BCUT2D eigenvalue weighted by molar-refractivity contribution is 0.0184. The number of para-hydroxylation sites is 2. The van der Waals surface area contributed by atoms with Crippen LogP contribution in [0.3, 0.4) is 0 Å². The van der Waals surface area contributed by atoms with E-state index in [0.29, 0.717) is 5.92 Å². The van der Waals surface area contributed by atoms with Crippen molar-refractivity contribution in [1.29, 1.82) is 0 Å². The Labute approximate surface area is 171 Å². The summed E-state index contributed by atoms with van der Waals surface area (Å²) in [5.41, 5.74) is 3.37. The first-order valence-electron chi connectivity index (χ1n) is 10.0. The second kappa shape index (κ2) is 7.70. The highest BCUT2D eigenvalue weighted by atomic mass is 32.2. The number of carbonyl (C=O) groups excluding carboxylic acids is 1. The van der Waals surface area contributed by atoms with E-state index in [2.05, 4.69) is 47.8 Å². The van der Waals surface area contributed by atoms with Gasteiger partial charge in [-0.2, -0.15) is 0 Å². The molecule has 0 radical (unpaired) electrons. The van der Waals surface area contributed by atoms with Crippen molar-refractivity contribution >= 4 is 29.2 Å². The van der Waals surface area contributed by atoms with Gasteiger partial charge in [-0.15, -0.1) is 0 Å². The zero-order chi connectivity index (χ0) is 19.7. The molecule has 148 valence electrons. The summed E-state index contributed by atoms with van der Waals surface area (Å²) in [7, 11) is 0. The van der Waals surface area contributed by atoms with E-state index in [0.717, 1.165) is 32.4 Å². The Morgan fingerprint density at radius 2 is 1.82 bits per heavy atom. The van der Waals surface area contributed by atoms with Gasteiger partial charge in [0.2, 0.25) is 0 Å². The van der Waals surface area contributed by atoms with Crippen molar-refractivity contribution in [3.05, 3.63) is 48.0 Å². The molecule has 1 amide bonds. The number of amides is 1. The Balaban J connectivity index is 1.40. The maximum Gasteiger partial charge on any atom is 0.410 e. The summed E-state index contributed by atoms with van der Waals surface area (Å²) >= 11 is 1.84. The van der Waals surface area contributed by atoms with Gasteiger partial charge in [0.1, 0.15) is 5.60 Å². The van der Waals surface area contributed by atoms with E-state index in [1.807, 2.05) is 37.4 Å². The second-order valence-corrected chi connectivity index (χ2v) is 9.71. The molecule has 0 spiro atoms. The minimum absolute atomic E-state index is 0.183. The van der Waals surface area contributed by atoms with Crippen LogP contribution in [-0.2, 0) is 11.2 Å². The smallest absolute Gasteiger partial charge is 0.410 e. The van der Waals surface area contributed by atoms with Gasteiger partial charge in [0.25, 0.3) is 0 Å². The normalized spacial score (nSPS) is 16.8. The van der Waals surface area contributed by atoms with Crippen molar-refractivity contribution in [3.8, 4) is 0 Å². The van der Waals surface area contributed by atoms with E-state index >= 15 is 0 Å². The third-order valence-electron chi connectivity index (χ3n) is 5.25. The molecule has 1 N–H and O–H groups in total. The van der Waals surface area contributed by atoms with Crippen LogP contribution in [0.25, 0.3) is 0 Å². The van der Waals surface area contributed by atoms with Crippen molar-refractivity contribution in [2.24, 2.45) is 5.92 Å². The van der Waals surface area contributed by atoms with Gasteiger partial charge < -0.3 is 15.0 Å². The monoisotopic (exact) mass is 396 g/mol. The van der Waals surface area contributed by atoms with Crippen LogP contribution < -0.4 is 5.32 Å². The predicted molar refractivity (Wildman–Crippen MR) is 115 cm³/mol. The summed E-state index contributed by atoms with van der Waals surface area (Å²) in [5.74, 6) is 0.592. The highest BCUT2D eigenvalue weighted by molar-refractivity contribution is 7.99. The molecule has 0 saturated carbocycles. The Kier molecular flexibility index (Phi) is 5.28. The Hall–Kier alpha value is -2.14. The van der Waals surface area contributed by atoms with Crippen molar-refractivity contribution in [2.75, 3.05) is 18.4 Å². The summed E-state index contributed by atoms with van der Waals surface area (Å²) in [6, 6.07) is 15.0. The number of nitrogens with zero attached hydrogens (tertiary/aromatic N) is 1. The van der Waals surface area contributed by atoms with Gasteiger partial charge in [0.05, 0.1) is 11.4 Å². The number of benzene rings is 2. The molecule has 0 unspecified atom stereocenters. The first kappa shape index (κ1) is 19.2. The molecular formula is C23H28N2O2S. The average Bonchev–Trinajstić information content (AvgIpc) is 2.66. The number of ether oxygens (including phenoxy) is 1. The fraction of sp³-hybridized carbons (Fsp3) is 0.435. The average molecular weight is 397 g/mol. The lowest BCUT2D eigenvalue weighted by Crippen LogP contribution is -2.42. The Morgan fingerprint density at radius 3 is 2.57 bits per heavy atom. The number of hydrogen-bond donors (Lipinski definition) is 1. The van der Waals surface area contributed by atoms with Crippen LogP contribution in [0, 0.1) is 5.92 Å². The molecule has 1 fully saturated rings. The second-order valence-electron chi connectivity index (χ2n) is 8.63. The van der Waals surface area contributed by atoms with E-state index in [4.69, 9.17) is 4.74 Å². The molecule has 0 aliphatic carbocycles. The van der Waals surface area contributed by atoms with Crippen LogP contribution in [0.4, 0.5) is 16.2 Å². The summed E-state index contributed by atoms with van der Waals surface area (Å²) in [6.07, 6.45) is 2.90. The lowest BCUT2D eigenvalue weighted by Gasteiger charge is -2.34. The van der Waals surface area contributed by atoms with Gasteiger partial charge in [0.15, 0.2) is 0 Å². The summed E-state index contributed by atoms with van der Waals surface area (Å²) < 4.78 is 5.51. The molecule has 2 heterocycles. The maximum atomic E-state index is 12.3. The molecule has 4 nitrogen and oxygen atoms in total. The molecule has 0 atom stereocenters. The Morgan fingerprint density at radius 1 is 1.11 bits per heavy atom. The standard InChI is InChI=1S/C23H28N2O2S/c1-23(2,3)27-22(26)25-13-11-16(12-14-25)15-17-7-6-10-20-21(17)24-18-8-4-5-9-19(18)28-20/h4-10,16,24H,11-15H2,1-3H3. The number of piperidine rings is 1. The quantitative estimate of drug-likeness (QED) is 0.569. The molecule has 5 heteroatoms. The molecule has 28 heavy (non-hydrogen) atoms. The van der Waals surface area contributed by atoms with Crippen LogP contribution >= 0.6 is 11.8 Å². The van der Waals surface area contributed by atoms with Gasteiger partial charge in [-0.3, -0.25) is 0 Å². The Bertz CT molecular complexity index is 867. The van der Waals surface area contributed by atoms with E-state index in [1.165, 1.54) is 26.7 Å². The third kappa shape index (κ3) is 4.30. The minimum Gasteiger partial charge on any atom is -0.444 e. The molecule has 1 saturated heterocycles. The van der Waals surface area contributed by atoms with Crippen molar-refractivity contribution < 1.29 is 9.53 Å². The third-order valence-corrected chi connectivity index (χ3v) is 6.39. The largest absolute Gasteiger partial charge is 0.444 e. The number of carbonyl (C=O) groups is 1. The van der Waals surface area contributed by atoms with Gasteiger partial charge in [0, 0.05) is 22.9 Å². The topological polar surface area (TPSA) is 41.6 Å². The van der Waals surface area contributed by atoms with Crippen molar-refractivity contribution in [3.63, 3.8) is 0 Å². The molecule has 4 rings (SSSR count). The van der Waals surface area contributed by atoms with E-state index in [1.54, 1.807) is 0 Å². The highest BCUT2D eigenvalue weighted by Crippen LogP contribution is 2.45. The first-order chi connectivity index (χ1) is 13.4. The number of likely N-dealkylation sites (tertiary alicyclic amines) is 1. The van der Waals surface area contributed by atoms with E-state index in [9.17, 15) is 4.79 Å². The van der Waals surface area contributed by atoms with Crippen molar-refractivity contribution in [1.82, 2.24) is 4.90 Å². The number of anilines is 2. The summed E-state index contributed by atoms with van der Waals surface area (Å²) in [6.45, 7) is 7.30. The van der Waals surface area contributed by atoms with Crippen LogP contribution in [0.1, 0.15) is 39.2 Å². The summed E-state index contributed by atoms with van der Waals surface area (Å²) in [5, 5.41) is 3.65. The van der Waals surface area contributed by atoms with Crippen LogP contribution in [0.5, 0.6) is 0 Å². The van der Waals surface area contributed by atoms with Gasteiger partial charge in [-0.05, 0) is 69.7 Å². The van der Waals surface area contributed by atoms with Crippen LogP contribution in [0.15, 0.2) is 52.3 Å². The zero-order valence-electron chi connectivity index (χ0n) is 16.8. The molecule has 0 aromatic heterocycles. The molecule has 2 aromatic carbocycles. The van der Waals surface area contributed by atoms with E-state index < -0.39 is 5.60 Å². The highest BCUT2D eigenvalue weighted by Gasteiger charge is 2.28. The zero-order valence-corrected chi connectivity index (χ0v) is 17.6. The molecule has 0 bridgehead atoms. The molecular weight excluding hydrogens is 368 g/mol. The van der Waals surface area contributed by atoms with Crippen LogP contribution in [0.2, 0.25) is 0 Å². The number of hydrogen-bond acceptors (Lipinski definition) is 4. The predicted octanol–water partition coefficient (Wildman–Crippen LogP) is 6.08. The number of rotatable bonds is 2. The van der Waals surface area contributed by atoms with E-state index in [-0.39, 0.29) is 6.09 Å². The van der Waals surface area contributed by atoms with Crippen LogP contribution in [-0.4, -0.2) is 29.7 Å². The molecule has 2 aliphatic rings. The molecule has 2 aliphatic heterocycles. The maximum absolute atomic E-state index is 12.3. The fourth-order valence-electron chi connectivity index (χ4n) is 3.84. The number of fused-ring (bicyclic) bond motifs is 2. The SMILES string of the molecule is CC(C)(C)OC(=O)N1CCC(Cc2cccc3c2Nc2ccccc2S3)CC1. The summed E-state index contributed by atoms with van der Waals surface area (Å²) in [4.78, 5) is 16.7. The van der Waals surface area contributed by atoms with Crippen molar-refractivity contribution in [2.45, 2.75) is 55.4 Å². The van der Waals surface area contributed by atoms with Gasteiger partial charge >= 0.3 is 6.09 Å². The lowest BCUT2D eigenvalue weighted by atomic mass is 9.89. The first-order valence-corrected chi connectivity index (χ1v) is 10.8. The number of nitrogens with one attached hydrogen (secondary N) is 1. The van der Waals surface area contributed by atoms with Gasteiger partial charge in [-0.25, -0.2) is 4.79 Å². The fourth-order valence-corrected chi connectivity index (χ4v) is 4.89. The minimum atomic E-state index is -0.434. The van der Waals surface area contributed by atoms with Gasteiger partial charge in [-0.1, -0.05) is 36.0 Å². The molecule has 2 aromatic rings.